The van der Waals surface area contributed by atoms with E-state index < -0.39 is 0 Å². The van der Waals surface area contributed by atoms with Crippen molar-refractivity contribution in [2.24, 2.45) is 5.92 Å². The molecule has 6 heteroatoms. The Morgan fingerprint density at radius 1 is 1.21 bits per heavy atom. The maximum absolute atomic E-state index is 13.7. The molecule has 1 fully saturated rings. The first-order valence-electron chi connectivity index (χ1n) is 9.59. The summed E-state index contributed by atoms with van der Waals surface area (Å²) < 4.78 is 13.7. The van der Waals surface area contributed by atoms with Crippen LogP contribution >= 0.6 is 0 Å². The molecule has 0 spiro atoms. The monoisotopic (exact) mass is 378 g/mol. The van der Waals surface area contributed by atoms with E-state index in [-0.39, 0.29) is 11.7 Å². The number of hydrogen-bond acceptors (Lipinski definition) is 4. The number of likely N-dealkylation sites (tertiary alicyclic amines) is 1. The number of fused-ring (bicyclic) bond motifs is 1. The summed E-state index contributed by atoms with van der Waals surface area (Å²) in [5, 5.41) is 3.98. The molecular formula is C22H23FN4O. The number of amides is 1. The minimum absolute atomic E-state index is 0.0548. The van der Waals surface area contributed by atoms with Gasteiger partial charge in [-0.2, -0.15) is 0 Å². The molecule has 0 unspecified atom stereocenters. The van der Waals surface area contributed by atoms with Gasteiger partial charge < -0.3 is 10.2 Å². The topological polar surface area (TPSA) is 58.1 Å². The molecule has 0 saturated carbocycles. The molecule has 0 aliphatic carbocycles. The molecular weight excluding hydrogens is 355 g/mol. The van der Waals surface area contributed by atoms with Gasteiger partial charge in [0.05, 0.1) is 11.3 Å². The Hall–Kier alpha value is -3.02. The number of aryl methyl sites for hydroxylation is 1. The predicted octanol–water partition coefficient (Wildman–Crippen LogP) is 4.69. The van der Waals surface area contributed by atoms with Crippen molar-refractivity contribution in [1.29, 1.82) is 0 Å². The molecule has 3 aromatic rings. The SMILES string of the molecule is Cc1ccc2c(Nc3cccc(F)c3)c(C(=O)N3CCC(C)CC3)cnc2n1. The van der Waals surface area contributed by atoms with E-state index in [1.54, 1.807) is 18.3 Å². The number of rotatable bonds is 3. The Kier molecular flexibility index (Phi) is 4.94. The van der Waals surface area contributed by atoms with Crippen molar-refractivity contribution in [2.75, 3.05) is 18.4 Å². The van der Waals surface area contributed by atoms with Crippen molar-refractivity contribution in [3.8, 4) is 0 Å². The van der Waals surface area contributed by atoms with Gasteiger partial charge in [-0.3, -0.25) is 4.79 Å². The van der Waals surface area contributed by atoms with Gasteiger partial charge in [0.15, 0.2) is 5.65 Å². The van der Waals surface area contributed by atoms with Crippen molar-refractivity contribution in [3.63, 3.8) is 0 Å². The fraction of sp³-hybridized carbons (Fsp3) is 0.318. The van der Waals surface area contributed by atoms with Gasteiger partial charge in [-0.15, -0.1) is 0 Å². The molecule has 1 aliphatic rings. The van der Waals surface area contributed by atoms with Crippen molar-refractivity contribution in [2.45, 2.75) is 26.7 Å². The van der Waals surface area contributed by atoms with Gasteiger partial charge in [0.2, 0.25) is 0 Å². The second kappa shape index (κ2) is 7.54. The first kappa shape index (κ1) is 18.3. The van der Waals surface area contributed by atoms with Gasteiger partial charge in [0, 0.05) is 36.1 Å². The van der Waals surface area contributed by atoms with Crippen LogP contribution in [0.15, 0.2) is 42.6 Å². The maximum atomic E-state index is 13.7. The number of carbonyl (C=O) groups excluding carboxylic acids is 1. The minimum atomic E-state index is -0.338. The smallest absolute Gasteiger partial charge is 0.257 e. The van der Waals surface area contributed by atoms with Gasteiger partial charge in [0.25, 0.3) is 5.91 Å². The lowest BCUT2D eigenvalue weighted by atomic mass is 9.98. The molecule has 1 saturated heterocycles. The van der Waals surface area contributed by atoms with Crippen LogP contribution in [0.1, 0.15) is 35.8 Å². The number of pyridine rings is 2. The third kappa shape index (κ3) is 3.67. The van der Waals surface area contributed by atoms with Crippen LogP contribution in [0, 0.1) is 18.7 Å². The molecule has 1 amide bonds. The molecule has 144 valence electrons. The summed E-state index contributed by atoms with van der Waals surface area (Å²) in [6.45, 7) is 5.59. The summed E-state index contributed by atoms with van der Waals surface area (Å²) in [4.78, 5) is 24.0. The second-order valence-corrected chi connectivity index (χ2v) is 7.48. The number of hydrogen-bond donors (Lipinski definition) is 1. The van der Waals surface area contributed by atoms with Crippen molar-refractivity contribution in [3.05, 3.63) is 59.7 Å². The standard InChI is InChI=1S/C22H23FN4O/c1-14-8-10-27(11-9-14)22(28)19-13-24-21-18(7-6-15(2)25-21)20(19)26-17-5-3-4-16(23)12-17/h3-7,12-14H,8-11H2,1-2H3,(H,24,25,26). The fourth-order valence-corrected chi connectivity index (χ4v) is 3.56. The molecule has 1 aromatic carbocycles. The average molecular weight is 378 g/mol. The molecule has 2 aromatic heterocycles. The maximum Gasteiger partial charge on any atom is 0.257 e. The van der Waals surface area contributed by atoms with Crippen LogP contribution in [0.4, 0.5) is 15.8 Å². The zero-order chi connectivity index (χ0) is 19.7. The van der Waals surface area contributed by atoms with Crippen LogP contribution in [-0.2, 0) is 0 Å². The second-order valence-electron chi connectivity index (χ2n) is 7.48. The highest BCUT2D eigenvalue weighted by atomic mass is 19.1. The van der Waals surface area contributed by atoms with Crippen molar-refractivity contribution in [1.82, 2.24) is 14.9 Å². The molecule has 1 aliphatic heterocycles. The van der Waals surface area contributed by atoms with Gasteiger partial charge in [0.1, 0.15) is 5.82 Å². The van der Waals surface area contributed by atoms with E-state index in [1.807, 2.05) is 24.0 Å². The van der Waals surface area contributed by atoms with E-state index in [2.05, 4.69) is 22.2 Å². The number of benzene rings is 1. The first-order valence-corrected chi connectivity index (χ1v) is 9.59. The highest BCUT2D eigenvalue weighted by Crippen LogP contribution is 2.30. The number of aromatic nitrogens is 2. The average Bonchev–Trinajstić information content (AvgIpc) is 2.68. The summed E-state index contributed by atoms with van der Waals surface area (Å²) in [7, 11) is 0. The van der Waals surface area contributed by atoms with E-state index in [9.17, 15) is 9.18 Å². The van der Waals surface area contributed by atoms with E-state index >= 15 is 0 Å². The van der Waals surface area contributed by atoms with Crippen LogP contribution in [0.25, 0.3) is 11.0 Å². The van der Waals surface area contributed by atoms with Gasteiger partial charge in [-0.25, -0.2) is 14.4 Å². The van der Waals surface area contributed by atoms with Gasteiger partial charge in [-0.05, 0) is 56.0 Å². The molecule has 0 atom stereocenters. The lowest BCUT2D eigenvalue weighted by Gasteiger charge is -2.31. The minimum Gasteiger partial charge on any atom is -0.354 e. The molecule has 0 radical (unpaired) electrons. The summed E-state index contributed by atoms with van der Waals surface area (Å²) in [6.07, 6.45) is 3.58. The van der Waals surface area contributed by atoms with E-state index in [0.29, 0.717) is 28.5 Å². The Morgan fingerprint density at radius 3 is 2.75 bits per heavy atom. The highest BCUT2D eigenvalue weighted by molar-refractivity contribution is 6.07. The molecule has 4 rings (SSSR count). The zero-order valence-electron chi connectivity index (χ0n) is 16.1. The fourth-order valence-electron chi connectivity index (χ4n) is 3.56. The number of piperidine rings is 1. The Balaban J connectivity index is 1.78. The molecule has 3 heterocycles. The molecule has 1 N–H and O–H groups in total. The van der Waals surface area contributed by atoms with Crippen LogP contribution in [0.3, 0.4) is 0 Å². The lowest BCUT2D eigenvalue weighted by molar-refractivity contribution is 0.0698. The van der Waals surface area contributed by atoms with Crippen LogP contribution < -0.4 is 5.32 Å². The number of carbonyl (C=O) groups is 1. The number of halogens is 1. The first-order chi connectivity index (χ1) is 13.5. The summed E-state index contributed by atoms with van der Waals surface area (Å²) in [5.41, 5.74) is 3.08. The Bertz CT molecular complexity index is 1030. The Morgan fingerprint density at radius 2 is 2.00 bits per heavy atom. The lowest BCUT2D eigenvalue weighted by Crippen LogP contribution is -2.38. The summed E-state index contributed by atoms with van der Waals surface area (Å²) in [6, 6.07) is 10.00. The Labute approximate surface area is 163 Å². The summed E-state index contributed by atoms with van der Waals surface area (Å²) >= 11 is 0. The number of nitrogens with zero attached hydrogens (tertiary/aromatic N) is 3. The van der Waals surface area contributed by atoms with E-state index in [1.165, 1.54) is 12.1 Å². The molecule has 0 bridgehead atoms. The molecule has 5 nitrogen and oxygen atoms in total. The predicted molar refractivity (Wildman–Crippen MR) is 108 cm³/mol. The van der Waals surface area contributed by atoms with Gasteiger partial charge >= 0.3 is 0 Å². The van der Waals surface area contributed by atoms with Crippen molar-refractivity contribution < 1.29 is 9.18 Å². The molecule has 28 heavy (non-hydrogen) atoms. The third-order valence-corrected chi connectivity index (χ3v) is 5.26. The quantitative estimate of drug-likeness (QED) is 0.718. The highest BCUT2D eigenvalue weighted by Gasteiger charge is 2.25. The third-order valence-electron chi connectivity index (χ3n) is 5.26. The largest absolute Gasteiger partial charge is 0.354 e. The number of anilines is 2. The van der Waals surface area contributed by atoms with Crippen LogP contribution in [0.2, 0.25) is 0 Å². The number of nitrogens with one attached hydrogen (secondary N) is 1. The summed E-state index contributed by atoms with van der Waals surface area (Å²) in [5.74, 6) is 0.242. The van der Waals surface area contributed by atoms with Crippen molar-refractivity contribution >= 4 is 28.3 Å². The van der Waals surface area contributed by atoms with E-state index in [4.69, 9.17) is 0 Å². The van der Waals surface area contributed by atoms with E-state index in [0.717, 1.165) is 37.0 Å². The zero-order valence-corrected chi connectivity index (χ0v) is 16.1. The van der Waals surface area contributed by atoms with Crippen LogP contribution in [-0.4, -0.2) is 33.9 Å². The van der Waals surface area contributed by atoms with Gasteiger partial charge in [-0.1, -0.05) is 13.0 Å². The normalized spacial score (nSPS) is 15.0. The van der Waals surface area contributed by atoms with Crippen LogP contribution in [0.5, 0.6) is 0 Å².